The normalized spacial score (nSPS) is 11.3. The Morgan fingerprint density at radius 3 is 2.42 bits per heavy atom. The van der Waals surface area contributed by atoms with Crippen molar-refractivity contribution in [3.8, 4) is 11.1 Å². The molecule has 0 bridgehead atoms. The van der Waals surface area contributed by atoms with E-state index in [0.717, 1.165) is 21.7 Å². The van der Waals surface area contributed by atoms with Gasteiger partial charge in [0.2, 0.25) is 10.0 Å². The molecule has 0 radical (unpaired) electrons. The maximum absolute atomic E-state index is 11.4. The van der Waals surface area contributed by atoms with Crippen LogP contribution in [0.15, 0.2) is 42.6 Å². The Morgan fingerprint density at radius 2 is 1.89 bits per heavy atom. The van der Waals surface area contributed by atoms with Crippen LogP contribution in [0.4, 0.5) is 11.5 Å². The largest absolute Gasteiger partial charge is 0.399 e. The molecule has 0 saturated carbocycles. The average Bonchev–Trinajstić information content (AvgIpc) is 2.37. The van der Waals surface area contributed by atoms with Crippen LogP contribution in [-0.2, 0) is 10.0 Å². The lowest BCUT2D eigenvalue weighted by atomic mass is 10.1. The zero-order valence-electron chi connectivity index (χ0n) is 10.7. The highest BCUT2D eigenvalue weighted by molar-refractivity contribution is 7.92. The predicted molar refractivity (Wildman–Crippen MR) is 77.3 cm³/mol. The van der Waals surface area contributed by atoms with Gasteiger partial charge in [0.1, 0.15) is 5.82 Å². The Bertz CT molecular complexity index is 681. The van der Waals surface area contributed by atoms with Crippen LogP contribution in [0.5, 0.6) is 0 Å². The van der Waals surface area contributed by atoms with E-state index in [9.17, 15) is 8.42 Å². The lowest BCUT2D eigenvalue weighted by Gasteiger charge is -2.15. The first-order chi connectivity index (χ1) is 8.88. The second-order valence-electron chi connectivity index (χ2n) is 4.26. The fourth-order valence-electron chi connectivity index (χ4n) is 1.63. The molecule has 0 aliphatic carbocycles. The van der Waals surface area contributed by atoms with Gasteiger partial charge in [-0.3, -0.25) is 4.31 Å². The molecule has 0 unspecified atom stereocenters. The van der Waals surface area contributed by atoms with Gasteiger partial charge in [-0.25, -0.2) is 13.4 Å². The number of hydrogen-bond acceptors (Lipinski definition) is 4. The first-order valence-electron chi connectivity index (χ1n) is 5.64. The number of benzene rings is 1. The SMILES string of the molecule is CN(c1ccc(-c2cccc(N)c2)cn1)S(C)(=O)=O. The molecule has 0 fully saturated rings. The Balaban J connectivity index is 2.34. The lowest BCUT2D eigenvalue weighted by molar-refractivity contribution is 0.600. The molecule has 0 aliphatic rings. The molecule has 19 heavy (non-hydrogen) atoms. The fraction of sp³-hybridized carbons (Fsp3) is 0.154. The topological polar surface area (TPSA) is 76.3 Å². The van der Waals surface area contributed by atoms with Crippen molar-refractivity contribution >= 4 is 21.5 Å². The highest BCUT2D eigenvalue weighted by Crippen LogP contribution is 2.22. The van der Waals surface area contributed by atoms with E-state index in [1.165, 1.54) is 7.05 Å². The quantitative estimate of drug-likeness (QED) is 0.867. The van der Waals surface area contributed by atoms with Crippen LogP contribution >= 0.6 is 0 Å². The maximum Gasteiger partial charge on any atom is 0.233 e. The first-order valence-corrected chi connectivity index (χ1v) is 7.48. The molecule has 0 aliphatic heterocycles. The van der Waals surface area contributed by atoms with E-state index < -0.39 is 10.0 Å². The minimum Gasteiger partial charge on any atom is -0.399 e. The number of nitrogens with zero attached hydrogens (tertiary/aromatic N) is 2. The molecule has 0 saturated heterocycles. The molecule has 5 nitrogen and oxygen atoms in total. The van der Waals surface area contributed by atoms with Gasteiger partial charge in [0.15, 0.2) is 0 Å². The number of anilines is 2. The molecule has 2 rings (SSSR count). The van der Waals surface area contributed by atoms with Crippen molar-refractivity contribution in [1.82, 2.24) is 4.98 Å². The van der Waals surface area contributed by atoms with Gasteiger partial charge in [0.25, 0.3) is 0 Å². The number of sulfonamides is 1. The summed E-state index contributed by atoms with van der Waals surface area (Å²) in [6.07, 6.45) is 2.77. The molecule has 1 heterocycles. The smallest absolute Gasteiger partial charge is 0.233 e. The van der Waals surface area contributed by atoms with Gasteiger partial charge in [0, 0.05) is 24.5 Å². The summed E-state index contributed by atoms with van der Waals surface area (Å²) >= 11 is 0. The maximum atomic E-state index is 11.4. The van der Waals surface area contributed by atoms with Crippen molar-refractivity contribution in [2.45, 2.75) is 0 Å². The number of nitrogens with two attached hydrogens (primary N) is 1. The van der Waals surface area contributed by atoms with Crippen molar-refractivity contribution in [3.63, 3.8) is 0 Å². The second kappa shape index (κ2) is 4.89. The van der Waals surface area contributed by atoms with E-state index in [4.69, 9.17) is 5.73 Å². The molecular weight excluding hydrogens is 262 g/mol. The van der Waals surface area contributed by atoms with E-state index >= 15 is 0 Å². The molecule has 1 aromatic heterocycles. The monoisotopic (exact) mass is 277 g/mol. The summed E-state index contributed by atoms with van der Waals surface area (Å²) in [5, 5.41) is 0. The van der Waals surface area contributed by atoms with Crippen LogP contribution in [0.3, 0.4) is 0 Å². The number of nitrogen functional groups attached to an aromatic ring is 1. The number of rotatable bonds is 3. The molecule has 0 atom stereocenters. The Kier molecular flexibility index (Phi) is 3.44. The molecule has 100 valence electrons. The average molecular weight is 277 g/mol. The van der Waals surface area contributed by atoms with Gasteiger partial charge < -0.3 is 5.73 Å². The molecule has 0 amide bonds. The number of hydrogen-bond donors (Lipinski definition) is 1. The third-order valence-corrected chi connectivity index (χ3v) is 3.97. The van der Waals surface area contributed by atoms with E-state index in [-0.39, 0.29) is 0 Å². The third-order valence-electron chi connectivity index (χ3n) is 2.79. The Labute approximate surface area is 112 Å². The number of pyridine rings is 1. The molecule has 0 spiro atoms. The van der Waals surface area contributed by atoms with Gasteiger partial charge in [0.05, 0.1) is 6.26 Å². The van der Waals surface area contributed by atoms with E-state index in [0.29, 0.717) is 11.5 Å². The summed E-state index contributed by atoms with van der Waals surface area (Å²) in [5.74, 6) is 0.384. The summed E-state index contributed by atoms with van der Waals surface area (Å²) in [6.45, 7) is 0. The summed E-state index contributed by atoms with van der Waals surface area (Å²) in [4.78, 5) is 4.16. The highest BCUT2D eigenvalue weighted by atomic mass is 32.2. The van der Waals surface area contributed by atoms with Crippen LogP contribution < -0.4 is 10.0 Å². The standard InChI is InChI=1S/C13H15N3O2S/c1-16(19(2,17)18)13-7-6-11(9-15-13)10-4-3-5-12(14)8-10/h3-9H,14H2,1-2H3. The van der Waals surface area contributed by atoms with Crippen LogP contribution in [-0.4, -0.2) is 26.7 Å². The Morgan fingerprint density at radius 1 is 1.16 bits per heavy atom. The predicted octanol–water partition coefficient (Wildman–Crippen LogP) is 1.73. The van der Waals surface area contributed by atoms with Gasteiger partial charge in [-0.05, 0) is 29.8 Å². The zero-order valence-corrected chi connectivity index (χ0v) is 11.6. The van der Waals surface area contributed by atoms with Gasteiger partial charge >= 0.3 is 0 Å². The summed E-state index contributed by atoms with van der Waals surface area (Å²) in [7, 11) is -1.82. The fourth-order valence-corrected chi connectivity index (χ4v) is 2.08. The van der Waals surface area contributed by atoms with Gasteiger partial charge in [-0.2, -0.15) is 0 Å². The van der Waals surface area contributed by atoms with Crippen molar-refractivity contribution in [2.24, 2.45) is 0 Å². The zero-order chi connectivity index (χ0) is 14.0. The van der Waals surface area contributed by atoms with Crippen LogP contribution in [0, 0.1) is 0 Å². The highest BCUT2D eigenvalue weighted by Gasteiger charge is 2.12. The minimum absolute atomic E-state index is 0.384. The van der Waals surface area contributed by atoms with Crippen molar-refractivity contribution in [2.75, 3.05) is 23.3 Å². The third kappa shape index (κ3) is 3.03. The summed E-state index contributed by atoms with van der Waals surface area (Å²) in [6, 6.07) is 10.9. The molecule has 2 N–H and O–H groups in total. The van der Waals surface area contributed by atoms with Crippen molar-refractivity contribution in [1.29, 1.82) is 0 Å². The van der Waals surface area contributed by atoms with E-state index in [1.54, 1.807) is 12.3 Å². The van der Waals surface area contributed by atoms with Crippen molar-refractivity contribution < 1.29 is 8.42 Å². The lowest BCUT2D eigenvalue weighted by Crippen LogP contribution is -2.25. The van der Waals surface area contributed by atoms with Gasteiger partial charge in [-0.15, -0.1) is 0 Å². The molecule has 2 aromatic rings. The molecular formula is C13H15N3O2S. The first kappa shape index (κ1) is 13.4. The summed E-state index contributed by atoms with van der Waals surface area (Å²) in [5.41, 5.74) is 8.23. The second-order valence-corrected chi connectivity index (χ2v) is 6.27. The van der Waals surface area contributed by atoms with Crippen LogP contribution in [0.2, 0.25) is 0 Å². The van der Waals surface area contributed by atoms with Crippen LogP contribution in [0.25, 0.3) is 11.1 Å². The minimum atomic E-state index is -3.29. The van der Waals surface area contributed by atoms with E-state index in [2.05, 4.69) is 4.98 Å². The van der Waals surface area contributed by atoms with Crippen molar-refractivity contribution in [3.05, 3.63) is 42.6 Å². The summed E-state index contributed by atoms with van der Waals surface area (Å²) < 4.78 is 23.9. The van der Waals surface area contributed by atoms with E-state index in [1.807, 2.05) is 30.3 Å². The molecule has 6 heteroatoms. The Hall–Kier alpha value is -2.08. The van der Waals surface area contributed by atoms with Crippen LogP contribution in [0.1, 0.15) is 0 Å². The molecule has 1 aromatic carbocycles. The van der Waals surface area contributed by atoms with Gasteiger partial charge in [-0.1, -0.05) is 12.1 Å². The number of aromatic nitrogens is 1.